The molecule has 2 rings (SSSR count). The van der Waals surface area contributed by atoms with E-state index in [1.807, 2.05) is 6.07 Å². The summed E-state index contributed by atoms with van der Waals surface area (Å²) in [6.45, 7) is 0. The van der Waals surface area contributed by atoms with Crippen molar-refractivity contribution >= 4 is 23.3 Å². The molecule has 0 amide bonds. The van der Waals surface area contributed by atoms with Crippen LogP contribution in [0.25, 0.3) is 0 Å². The van der Waals surface area contributed by atoms with E-state index in [9.17, 15) is 40.0 Å². The maximum atomic E-state index is 11.1. The van der Waals surface area contributed by atoms with Crippen molar-refractivity contribution in [2.24, 2.45) is 0 Å². The molecule has 2 aromatic carbocycles. The number of carbonyl (C=O) groups is 2. The number of nitro groups is 2. The summed E-state index contributed by atoms with van der Waals surface area (Å²) in [4.78, 5) is 41.2. The topological polar surface area (TPSA) is 220 Å². The Morgan fingerprint density at radius 1 is 0.816 bits per heavy atom. The van der Waals surface area contributed by atoms with Crippen molar-refractivity contribution in [1.82, 2.24) is 0 Å². The molecule has 0 bridgehead atoms. The molecule has 0 fully saturated rings. The van der Waals surface area contributed by atoms with Gasteiger partial charge in [-0.15, -0.1) is 0 Å². The lowest BCUT2D eigenvalue weighted by Crippen LogP contribution is -2.04. The summed E-state index contributed by atoms with van der Waals surface area (Å²) in [5, 5.41) is 58.5. The molecule has 14 heteroatoms. The number of hydrogen-bond donors (Lipinski definition) is 4. The number of nitro benzene ring substituents is 2. The molecule has 0 spiro atoms. The molecule has 4 N–H and O–H groups in total. The predicted molar refractivity (Wildman–Crippen MR) is 133 cm³/mol. The molecule has 0 atom stereocenters. The van der Waals surface area contributed by atoms with E-state index in [1.165, 1.54) is 7.11 Å². The summed E-state index contributed by atoms with van der Waals surface area (Å²) in [5.74, 6) is -2.37. The van der Waals surface area contributed by atoms with Crippen molar-refractivity contribution in [2.45, 2.75) is 51.4 Å². The fraction of sp³-hybridized carbons (Fsp3) is 0.417. The van der Waals surface area contributed by atoms with Crippen LogP contribution in [0.15, 0.2) is 24.3 Å². The van der Waals surface area contributed by atoms with E-state index in [1.54, 1.807) is 12.1 Å². The van der Waals surface area contributed by atoms with Gasteiger partial charge in [0.15, 0.2) is 17.2 Å². The van der Waals surface area contributed by atoms with Gasteiger partial charge in [0.2, 0.25) is 5.75 Å². The standard InChI is InChI=1S/C12H14N2O8.C12H16O4/c1-22-9-6-8(13(18)19)7(4-2-3-5-10(15)16)11(12(9)17)14(20)21;1-16-11-7-6-9(8-10(11)13)4-2-3-5-12(14)15/h6,17H,2-5H2,1H3,(H,15,16);6-8,13H,2-5H2,1H3,(H,14,15). The zero-order valence-electron chi connectivity index (χ0n) is 20.9. The molecule has 14 nitrogen and oxygen atoms in total. The van der Waals surface area contributed by atoms with Gasteiger partial charge in [0.1, 0.15) is 5.56 Å². The molecule has 0 unspecified atom stereocenters. The first-order valence-electron chi connectivity index (χ1n) is 11.4. The number of nitrogens with zero attached hydrogens (tertiary/aromatic N) is 2. The van der Waals surface area contributed by atoms with E-state index in [0.29, 0.717) is 12.2 Å². The van der Waals surface area contributed by atoms with Crippen LogP contribution in [0.4, 0.5) is 11.4 Å². The predicted octanol–water partition coefficient (Wildman–Crippen LogP) is 4.21. The zero-order chi connectivity index (χ0) is 28.8. The van der Waals surface area contributed by atoms with Crippen molar-refractivity contribution in [3.8, 4) is 23.0 Å². The number of aromatic hydroxyl groups is 2. The van der Waals surface area contributed by atoms with Gasteiger partial charge in [0.25, 0.3) is 5.69 Å². The molecule has 0 aromatic heterocycles. The van der Waals surface area contributed by atoms with Crippen LogP contribution in [0.3, 0.4) is 0 Å². The van der Waals surface area contributed by atoms with Crippen molar-refractivity contribution in [2.75, 3.05) is 14.2 Å². The molecule has 0 saturated carbocycles. The minimum absolute atomic E-state index is 0.0997. The normalized spacial score (nSPS) is 10.2. The number of methoxy groups -OCH3 is 2. The third kappa shape index (κ3) is 9.79. The van der Waals surface area contributed by atoms with Crippen LogP contribution in [0.2, 0.25) is 0 Å². The highest BCUT2D eigenvalue weighted by molar-refractivity contribution is 5.68. The number of hydrogen-bond acceptors (Lipinski definition) is 10. The molecule has 208 valence electrons. The van der Waals surface area contributed by atoms with Crippen LogP contribution in [-0.2, 0) is 22.4 Å². The summed E-state index contributed by atoms with van der Waals surface area (Å²) >= 11 is 0. The minimum atomic E-state index is -1.03. The maximum absolute atomic E-state index is 11.1. The second-order valence-corrected chi connectivity index (χ2v) is 8.00. The van der Waals surface area contributed by atoms with Crippen molar-refractivity contribution in [3.63, 3.8) is 0 Å². The third-order valence-electron chi connectivity index (χ3n) is 5.34. The van der Waals surface area contributed by atoms with Crippen LogP contribution in [-0.4, -0.2) is 56.4 Å². The van der Waals surface area contributed by atoms with Crippen molar-refractivity contribution in [3.05, 3.63) is 55.6 Å². The quantitative estimate of drug-likeness (QED) is 0.151. The van der Waals surface area contributed by atoms with Crippen LogP contribution in [0.5, 0.6) is 23.0 Å². The Hall–Kier alpha value is -4.62. The molecule has 0 radical (unpaired) electrons. The number of aryl methyl sites for hydroxylation is 1. The Morgan fingerprint density at radius 3 is 1.82 bits per heavy atom. The minimum Gasteiger partial charge on any atom is -0.504 e. The van der Waals surface area contributed by atoms with Gasteiger partial charge in [-0.2, -0.15) is 0 Å². The van der Waals surface area contributed by atoms with Crippen molar-refractivity contribution < 1.29 is 49.3 Å². The SMILES string of the molecule is COc1cc([N+](=O)[O-])c(CCCCC(=O)O)c([N+](=O)[O-])c1O.COc1ccc(CCCCC(=O)O)cc1O. The number of benzene rings is 2. The lowest BCUT2D eigenvalue weighted by molar-refractivity contribution is -0.396. The summed E-state index contributed by atoms with van der Waals surface area (Å²) < 4.78 is 9.63. The van der Waals surface area contributed by atoms with Gasteiger partial charge in [-0.1, -0.05) is 6.07 Å². The average Bonchev–Trinajstić information content (AvgIpc) is 2.84. The lowest BCUT2D eigenvalue weighted by atomic mass is 10.0. The van der Waals surface area contributed by atoms with E-state index in [4.69, 9.17) is 19.7 Å². The molecular weight excluding hydrogens is 508 g/mol. The van der Waals surface area contributed by atoms with Gasteiger partial charge in [-0.25, -0.2) is 0 Å². The summed E-state index contributed by atoms with van der Waals surface area (Å²) in [6, 6.07) is 6.15. The van der Waals surface area contributed by atoms with Gasteiger partial charge in [0, 0.05) is 12.8 Å². The van der Waals surface area contributed by atoms with Crippen LogP contribution >= 0.6 is 0 Å². The Morgan fingerprint density at radius 2 is 1.37 bits per heavy atom. The number of carboxylic acids is 2. The molecule has 0 aliphatic rings. The number of aliphatic carboxylic acids is 2. The molecular formula is C24H30N2O12. The largest absolute Gasteiger partial charge is 0.504 e. The zero-order valence-corrected chi connectivity index (χ0v) is 20.9. The Bertz CT molecular complexity index is 1150. The van der Waals surface area contributed by atoms with Gasteiger partial charge < -0.3 is 29.9 Å². The molecule has 0 aliphatic heterocycles. The van der Waals surface area contributed by atoms with Gasteiger partial charge in [0.05, 0.1) is 30.1 Å². The van der Waals surface area contributed by atoms with Gasteiger partial charge in [-0.05, 0) is 56.2 Å². The Kier molecular flexibility index (Phi) is 12.8. The Balaban J connectivity index is 0.000000399. The number of phenolic OH excluding ortho intramolecular Hbond substituents is 2. The first-order chi connectivity index (χ1) is 17.9. The van der Waals surface area contributed by atoms with Gasteiger partial charge in [-0.3, -0.25) is 29.8 Å². The highest BCUT2D eigenvalue weighted by Gasteiger charge is 2.32. The first-order valence-corrected chi connectivity index (χ1v) is 11.4. The number of carboxylic acid groups (broad SMARTS) is 2. The fourth-order valence-corrected chi connectivity index (χ4v) is 3.50. The van der Waals surface area contributed by atoms with Crippen LogP contribution < -0.4 is 9.47 Å². The number of unbranched alkanes of at least 4 members (excludes halogenated alkanes) is 2. The van der Waals surface area contributed by atoms with E-state index >= 15 is 0 Å². The number of rotatable bonds is 14. The number of ether oxygens (including phenoxy) is 2. The van der Waals surface area contributed by atoms with Crippen LogP contribution in [0, 0.1) is 20.2 Å². The highest BCUT2D eigenvalue weighted by Crippen LogP contribution is 2.44. The average molecular weight is 539 g/mol. The molecule has 38 heavy (non-hydrogen) atoms. The maximum Gasteiger partial charge on any atom is 0.324 e. The lowest BCUT2D eigenvalue weighted by Gasteiger charge is -2.09. The molecule has 2 aromatic rings. The number of phenols is 2. The molecule has 0 aliphatic carbocycles. The van der Waals surface area contributed by atoms with E-state index in [2.05, 4.69) is 0 Å². The highest BCUT2D eigenvalue weighted by atomic mass is 16.6. The third-order valence-corrected chi connectivity index (χ3v) is 5.34. The summed E-state index contributed by atoms with van der Waals surface area (Å²) in [6.07, 6.45) is 2.57. The Labute approximate surface area is 217 Å². The second kappa shape index (κ2) is 15.5. The van der Waals surface area contributed by atoms with Gasteiger partial charge >= 0.3 is 17.6 Å². The molecule has 0 heterocycles. The van der Waals surface area contributed by atoms with E-state index < -0.39 is 38.9 Å². The first kappa shape index (κ1) is 31.4. The monoisotopic (exact) mass is 538 g/mol. The summed E-state index contributed by atoms with van der Waals surface area (Å²) in [5.41, 5.74) is -0.597. The molecule has 0 saturated heterocycles. The fourth-order valence-electron chi connectivity index (χ4n) is 3.50. The second-order valence-electron chi connectivity index (χ2n) is 8.00. The summed E-state index contributed by atoms with van der Waals surface area (Å²) in [7, 11) is 2.62. The van der Waals surface area contributed by atoms with E-state index in [0.717, 1.165) is 31.6 Å². The van der Waals surface area contributed by atoms with E-state index in [-0.39, 0.29) is 49.2 Å². The van der Waals surface area contributed by atoms with Crippen molar-refractivity contribution in [1.29, 1.82) is 0 Å². The smallest absolute Gasteiger partial charge is 0.324 e. The van der Waals surface area contributed by atoms with Crippen LogP contribution in [0.1, 0.15) is 49.7 Å².